The van der Waals surface area contributed by atoms with Gasteiger partial charge >= 0.3 is 0 Å². The van der Waals surface area contributed by atoms with Crippen LogP contribution in [0.5, 0.6) is 0 Å². The molecule has 0 spiro atoms. The first kappa shape index (κ1) is 24.0. The van der Waals surface area contributed by atoms with Crippen LogP contribution in [0.3, 0.4) is 0 Å². The van der Waals surface area contributed by atoms with E-state index in [0.29, 0.717) is 23.0 Å². The van der Waals surface area contributed by atoms with Crippen molar-refractivity contribution in [3.63, 3.8) is 0 Å². The summed E-state index contributed by atoms with van der Waals surface area (Å²) < 4.78 is 0. The molecule has 4 heterocycles. The van der Waals surface area contributed by atoms with E-state index >= 15 is 0 Å². The molecule has 0 bridgehead atoms. The minimum atomic E-state index is 0.561. The summed E-state index contributed by atoms with van der Waals surface area (Å²) in [4.78, 5) is 25.9. The van der Waals surface area contributed by atoms with Gasteiger partial charge < -0.3 is 0 Å². The molecule has 0 aliphatic rings. The number of nitrogens with zero attached hydrogens (tertiary/aromatic N) is 12. The number of pyridine rings is 2. The fourth-order valence-corrected chi connectivity index (χ4v) is 2.74. The Morgan fingerprint density at radius 2 is 1.00 bits per heavy atom. The minimum Gasteiger partial charge on any atom is -0.255 e. The molecule has 0 N–H and O–H groups in total. The summed E-state index contributed by atoms with van der Waals surface area (Å²) in [5.41, 5.74) is 1.95. The van der Waals surface area contributed by atoms with Crippen LogP contribution in [0.4, 0.5) is 17.5 Å². The molecule has 0 saturated heterocycles. The highest BCUT2D eigenvalue weighted by atomic mass is 15.5. The van der Waals surface area contributed by atoms with Gasteiger partial charge in [-0.15, -0.1) is 0 Å². The molecule has 0 saturated carbocycles. The highest BCUT2D eigenvalue weighted by Gasteiger charge is 2.05. The molecule has 180 valence electrons. The Morgan fingerprint density at radius 3 is 1.44 bits per heavy atom. The van der Waals surface area contributed by atoms with Crippen molar-refractivity contribution in [1.82, 2.24) is 29.9 Å². The van der Waals surface area contributed by atoms with Crippen molar-refractivity contribution in [1.29, 1.82) is 0 Å². The standard InChI is InChI=1S/C24H24N12/c1-34(22-9-5-7-11-26-22)32-15-20-12-28-21(13-27-20)16-33-36(3)24-18-29-23(17-30-24)35(2)31-14-19-8-4-6-10-25-19/h4-18H,1-3H3/b31-14+,32-15+,33-16+. The topological polar surface area (TPSA) is 124 Å². The van der Waals surface area contributed by atoms with Crippen molar-refractivity contribution in [3.8, 4) is 0 Å². The largest absolute Gasteiger partial charge is 0.255 e. The number of anilines is 3. The van der Waals surface area contributed by atoms with Crippen LogP contribution in [0, 0.1) is 0 Å². The summed E-state index contributed by atoms with van der Waals surface area (Å²) >= 11 is 0. The number of hydrogen-bond acceptors (Lipinski definition) is 12. The predicted molar refractivity (Wildman–Crippen MR) is 141 cm³/mol. The minimum absolute atomic E-state index is 0.561. The molecule has 0 aliphatic heterocycles. The van der Waals surface area contributed by atoms with Crippen LogP contribution >= 0.6 is 0 Å². The van der Waals surface area contributed by atoms with E-state index in [1.54, 1.807) is 84.9 Å². The highest BCUT2D eigenvalue weighted by Crippen LogP contribution is 2.13. The zero-order chi connectivity index (χ0) is 25.2. The van der Waals surface area contributed by atoms with Gasteiger partial charge in [-0.2, -0.15) is 15.3 Å². The normalized spacial score (nSPS) is 11.4. The molecule has 4 aromatic rings. The number of hydrogen-bond donors (Lipinski definition) is 0. The van der Waals surface area contributed by atoms with Gasteiger partial charge in [0, 0.05) is 33.5 Å². The number of rotatable bonds is 9. The van der Waals surface area contributed by atoms with Crippen LogP contribution in [0.25, 0.3) is 0 Å². The fourth-order valence-electron chi connectivity index (χ4n) is 2.74. The maximum atomic E-state index is 4.40. The monoisotopic (exact) mass is 480 g/mol. The van der Waals surface area contributed by atoms with Crippen LogP contribution in [-0.2, 0) is 0 Å². The summed E-state index contributed by atoms with van der Waals surface area (Å²) in [5, 5.41) is 17.9. The second-order valence-corrected chi connectivity index (χ2v) is 7.35. The van der Waals surface area contributed by atoms with Gasteiger partial charge in [0.1, 0.15) is 17.2 Å². The van der Waals surface area contributed by atoms with Gasteiger partial charge in [-0.3, -0.25) is 20.0 Å². The Labute approximate surface area is 208 Å². The van der Waals surface area contributed by atoms with E-state index < -0.39 is 0 Å². The second kappa shape index (κ2) is 11.8. The Morgan fingerprint density at radius 1 is 0.500 bits per heavy atom. The molecule has 4 aromatic heterocycles. The van der Waals surface area contributed by atoms with Crippen molar-refractivity contribution >= 4 is 36.1 Å². The Kier molecular flexibility index (Phi) is 7.89. The second-order valence-electron chi connectivity index (χ2n) is 7.35. The lowest BCUT2D eigenvalue weighted by atomic mass is 10.4. The van der Waals surface area contributed by atoms with Gasteiger partial charge in [0.15, 0.2) is 11.6 Å². The molecule has 0 aliphatic carbocycles. The molecular formula is C24H24N12. The Balaban J connectivity index is 1.32. The molecule has 4 rings (SSSR count). The van der Waals surface area contributed by atoms with E-state index in [-0.39, 0.29) is 0 Å². The first-order valence-electron chi connectivity index (χ1n) is 10.9. The Hall–Kier alpha value is -5.13. The Bertz CT molecular complexity index is 1310. The van der Waals surface area contributed by atoms with Crippen molar-refractivity contribution in [2.45, 2.75) is 0 Å². The summed E-state index contributed by atoms with van der Waals surface area (Å²) in [6.07, 6.45) is 14.7. The molecule has 12 nitrogen and oxygen atoms in total. The average molecular weight is 481 g/mol. The van der Waals surface area contributed by atoms with Crippen molar-refractivity contribution < 1.29 is 0 Å². The van der Waals surface area contributed by atoms with Gasteiger partial charge in [-0.1, -0.05) is 12.1 Å². The summed E-state index contributed by atoms with van der Waals surface area (Å²) in [6.45, 7) is 0. The zero-order valence-corrected chi connectivity index (χ0v) is 20.0. The van der Waals surface area contributed by atoms with Gasteiger partial charge in [-0.05, 0) is 24.3 Å². The van der Waals surface area contributed by atoms with E-state index in [0.717, 1.165) is 11.5 Å². The molecule has 0 fully saturated rings. The maximum absolute atomic E-state index is 4.40. The molecular weight excluding hydrogens is 456 g/mol. The van der Waals surface area contributed by atoms with E-state index in [1.165, 1.54) is 0 Å². The van der Waals surface area contributed by atoms with Gasteiger partial charge in [-0.25, -0.2) is 25.0 Å². The third-order valence-corrected chi connectivity index (χ3v) is 4.74. The van der Waals surface area contributed by atoms with Crippen LogP contribution in [0.15, 0.2) is 88.9 Å². The quantitative estimate of drug-likeness (QED) is 0.262. The predicted octanol–water partition coefficient (Wildman–Crippen LogP) is 2.47. The van der Waals surface area contributed by atoms with Gasteiger partial charge in [0.2, 0.25) is 0 Å². The fraction of sp³-hybridized carbons (Fsp3) is 0.125. The van der Waals surface area contributed by atoms with E-state index in [9.17, 15) is 0 Å². The summed E-state index contributed by atoms with van der Waals surface area (Å²) in [5.74, 6) is 1.87. The SMILES string of the molecule is CN(/N=C/c1cnc(/C=N/N(C)c2cnc(N(C)/N=C/c3ccccn3)cn2)cn1)c1ccccn1. The smallest absolute Gasteiger partial charge is 0.167 e. The zero-order valence-electron chi connectivity index (χ0n) is 20.0. The van der Waals surface area contributed by atoms with Crippen molar-refractivity contribution in [3.05, 3.63) is 90.7 Å². The molecule has 12 heteroatoms. The molecule has 0 radical (unpaired) electrons. The third-order valence-electron chi connectivity index (χ3n) is 4.74. The first-order chi connectivity index (χ1) is 17.6. The van der Waals surface area contributed by atoms with E-state index in [4.69, 9.17) is 0 Å². The number of aromatic nitrogens is 6. The summed E-state index contributed by atoms with van der Waals surface area (Å²) in [7, 11) is 5.37. The van der Waals surface area contributed by atoms with Gasteiger partial charge in [0.25, 0.3) is 0 Å². The average Bonchev–Trinajstić information content (AvgIpc) is 2.95. The molecule has 36 heavy (non-hydrogen) atoms. The maximum Gasteiger partial charge on any atom is 0.167 e. The number of hydrazone groups is 3. The molecule has 0 amide bonds. The van der Waals surface area contributed by atoms with Crippen LogP contribution in [0.1, 0.15) is 17.1 Å². The van der Waals surface area contributed by atoms with Gasteiger partial charge in [0.05, 0.1) is 49.1 Å². The third kappa shape index (κ3) is 6.70. The molecule has 0 atom stereocenters. The summed E-state index contributed by atoms with van der Waals surface area (Å²) in [6, 6.07) is 11.2. The first-order valence-corrected chi connectivity index (χ1v) is 10.9. The van der Waals surface area contributed by atoms with Crippen molar-refractivity contribution in [2.24, 2.45) is 15.3 Å². The molecule has 0 aromatic carbocycles. The lowest BCUT2D eigenvalue weighted by Crippen LogP contribution is -2.14. The lowest BCUT2D eigenvalue weighted by molar-refractivity contribution is 0.931. The van der Waals surface area contributed by atoms with E-state index in [2.05, 4.69) is 45.2 Å². The lowest BCUT2D eigenvalue weighted by Gasteiger charge is -2.14. The van der Waals surface area contributed by atoms with E-state index in [1.807, 2.05) is 43.4 Å². The van der Waals surface area contributed by atoms with Crippen molar-refractivity contribution in [2.75, 3.05) is 36.2 Å². The van der Waals surface area contributed by atoms with Crippen LogP contribution < -0.4 is 15.0 Å². The molecule has 0 unspecified atom stereocenters. The van der Waals surface area contributed by atoms with Crippen LogP contribution in [0.2, 0.25) is 0 Å². The van der Waals surface area contributed by atoms with Crippen LogP contribution in [-0.4, -0.2) is 69.7 Å². The highest BCUT2D eigenvalue weighted by molar-refractivity contribution is 5.80.